The number of hydrogen-bond donors (Lipinski definition) is 4. The largest absolute Gasteiger partial charge is 0.479 e. The fourth-order valence-electron chi connectivity index (χ4n) is 1.17. The van der Waals surface area contributed by atoms with Crippen molar-refractivity contribution in [3.8, 4) is 0 Å². The van der Waals surface area contributed by atoms with Gasteiger partial charge >= 0.3 is 5.97 Å². The summed E-state index contributed by atoms with van der Waals surface area (Å²) in [6.07, 6.45) is -1.55. The Labute approximate surface area is 81.1 Å². The number of nitrogens with one attached hydrogen (secondary N) is 1. The Balaban J connectivity index is 3.13. The molecule has 0 bridgehead atoms. The van der Waals surface area contributed by atoms with Crippen molar-refractivity contribution in [1.82, 2.24) is 0 Å². The number of carboxylic acid groups (broad SMARTS) is 1. The number of anilines is 1. The third kappa shape index (κ3) is 2.01. The van der Waals surface area contributed by atoms with E-state index in [2.05, 4.69) is 5.43 Å². The third-order valence-corrected chi connectivity index (χ3v) is 1.89. The maximum Gasteiger partial charge on any atom is 0.337 e. The molecule has 0 saturated heterocycles. The first-order valence-electron chi connectivity index (χ1n) is 4.04. The van der Waals surface area contributed by atoms with Crippen LogP contribution in [-0.2, 0) is 4.79 Å². The van der Waals surface area contributed by atoms with E-state index >= 15 is 0 Å². The minimum Gasteiger partial charge on any atom is -0.479 e. The summed E-state index contributed by atoms with van der Waals surface area (Å²) in [5, 5.41) is 17.9. The van der Waals surface area contributed by atoms with Crippen LogP contribution in [0.3, 0.4) is 0 Å². The van der Waals surface area contributed by atoms with Crippen molar-refractivity contribution in [1.29, 1.82) is 0 Å². The van der Waals surface area contributed by atoms with Crippen LogP contribution in [0.1, 0.15) is 17.2 Å². The predicted molar refractivity (Wildman–Crippen MR) is 51.6 cm³/mol. The van der Waals surface area contributed by atoms with Crippen LogP contribution in [0.5, 0.6) is 0 Å². The molecule has 0 fully saturated rings. The number of nitrogens with two attached hydrogens (primary N) is 1. The number of aliphatic carboxylic acids is 1. The van der Waals surface area contributed by atoms with E-state index in [0.717, 1.165) is 5.56 Å². The highest BCUT2D eigenvalue weighted by Crippen LogP contribution is 2.23. The van der Waals surface area contributed by atoms with Gasteiger partial charge in [-0.1, -0.05) is 12.1 Å². The molecule has 14 heavy (non-hydrogen) atoms. The van der Waals surface area contributed by atoms with E-state index in [-0.39, 0.29) is 5.56 Å². The summed E-state index contributed by atoms with van der Waals surface area (Å²) in [6.45, 7) is 1.85. The molecule has 0 spiro atoms. The lowest BCUT2D eigenvalue weighted by Gasteiger charge is -2.12. The van der Waals surface area contributed by atoms with Crippen LogP contribution in [0.15, 0.2) is 18.2 Å². The maximum absolute atomic E-state index is 10.5. The van der Waals surface area contributed by atoms with Gasteiger partial charge in [0.1, 0.15) is 0 Å². The van der Waals surface area contributed by atoms with Gasteiger partial charge in [0, 0.05) is 5.56 Å². The van der Waals surface area contributed by atoms with Gasteiger partial charge in [-0.05, 0) is 18.6 Å². The lowest BCUT2D eigenvalue weighted by atomic mass is 10.1. The molecule has 1 unspecified atom stereocenters. The Hall–Kier alpha value is -1.59. The quantitative estimate of drug-likeness (QED) is 0.414. The monoisotopic (exact) mass is 196 g/mol. The SMILES string of the molecule is Cc1ccc(C(O)C(=O)O)c(NN)c1. The molecule has 1 aromatic rings. The van der Waals surface area contributed by atoms with Crippen molar-refractivity contribution < 1.29 is 15.0 Å². The van der Waals surface area contributed by atoms with Gasteiger partial charge in [-0.2, -0.15) is 0 Å². The van der Waals surface area contributed by atoms with Gasteiger partial charge in [-0.3, -0.25) is 5.84 Å². The number of aryl methyl sites for hydroxylation is 1. The topological polar surface area (TPSA) is 95.6 Å². The van der Waals surface area contributed by atoms with E-state index in [9.17, 15) is 9.90 Å². The molecule has 0 radical (unpaired) electrons. The first-order chi connectivity index (χ1) is 6.56. The normalized spacial score (nSPS) is 12.2. The van der Waals surface area contributed by atoms with Gasteiger partial charge in [0.05, 0.1) is 5.69 Å². The highest BCUT2D eigenvalue weighted by atomic mass is 16.4. The number of benzene rings is 1. The van der Waals surface area contributed by atoms with Gasteiger partial charge in [-0.15, -0.1) is 0 Å². The molecule has 0 aliphatic heterocycles. The van der Waals surface area contributed by atoms with Crippen LogP contribution < -0.4 is 11.3 Å². The van der Waals surface area contributed by atoms with Crippen LogP contribution in [-0.4, -0.2) is 16.2 Å². The van der Waals surface area contributed by atoms with E-state index in [1.165, 1.54) is 6.07 Å². The van der Waals surface area contributed by atoms with Gasteiger partial charge in [0.25, 0.3) is 0 Å². The molecule has 0 amide bonds. The number of hydrazine groups is 1. The van der Waals surface area contributed by atoms with Crippen molar-refractivity contribution in [2.45, 2.75) is 13.0 Å². The smallest absolute Gasteiger partial charge is 0.337 e. The van der Waals surface area contributed by atoms with Gasteiger partial charge in [-0.25, -0.2) is 4.79 Å². The average Bonchev–Trinajstić information content (AvgIpc) is 2.16. The van der Waals surface area contributed by atoms with Crippen LogP contribution >= 0.6 is 0 Å². The molecule has 0 aliphatic carbocycles. The highest BCUT2D eigenvalue weighted by Gasteiger charge is 2.18. The number of carboxylic acids is 1. The molecule has 0 saturated carbocycles. The minimum absolute atomic E-state index is 0.255. The highest BCUT2D eigenvalue weighted by molar-refractivity contribution is 5.77. The Morgan fingerprint density at radius 1 is 1.57 bits per heavy atom. The second-order valence-electron chi connectivity index (χ2n) is 2.98. The second-order valence-corrected chi connectivity index (χ2v) is 2.98. The summed E-state index contributed by atoms with van der Waals surface area (Å²) in [7, 11) is 0. The lowest BCUT2D eigenvalue weighted by Crippen LogP contribution is -2.16. The molecule has 1 atom stereocenters. The fourth-order valence-corrected chi connectivity index (χ4v) is 1.17. The fraction of sp³-hybridized carbons (Fsp3) is 0.222. The number of aliphatic hydroxyl groups is 1. The minimum atomic E-state index is -1.55. The predicted octanol–water partition coefficient (Wildman–Crippen LogP) is 0.399. The Kier molecular flexibility index (Phi) is 3.06. The van der Waals surface area contributed by atoms with Crippen LogP contribution in [0.4, 0.5) is 5.69 Å². The molecule has 5 heteroatoms. The van der Waals surface area contributed by atoms with E-state index in [1.54, 1.807) is 12.1 Å². The Bertz CT molecular complexity index is 352. The van der Waals surface area contributed by atoms with Crippen LogP contribution in [0, 0.1) is 6.92 Å². The average molecular weight is 196 g/mol. The van der Waals surface area contributed by atoms with Crippen molar-refractivity contribution in [2.24, 2.45) is 5.84 Å². The molecule has 1 rings (SSSR count). The zero-order chi connectivity index (χ0) is 10.7. The number of carbonyl (C=O) groups is 1. The van der Waals surface area contributed by atoms with Crippen molar-refractivity contribution in [3.05, 3.63) is 29.3 Å². The maximum atomic E-state index is 10.5. The standard InChI is InChI=1S/C9H12N2O3/c1-5-2-3-6(7(4-5)11-10)8(12)9(13)14/h2-4,8,11-12H,10H2,1H3,(H,13,14). The molecule has 0 aliphatic rings. The van der Waals surface area contributed by atoms with E-state index in [4.69, 9.17) is 10.9 Å². The lowest BCUT2D eigenvalue weighted by molar-refractivity contribution is -0.146. The van der Waals surface area contributed by atoms with Gasteiger partial charge in [0.15, 0.2) is 6.10 Å². The summed E-state index contributed by atoms with van der Waals surface area (Å²) in [4.78, 5) is 10.5. The van der Waals surface area contributed by atoms with Crippen molar-refractivity contribution in [2.75, 3.05) is 5.43 Å². The summed E-state index contributed by atoms with van der Waals surface area (Å²) < 4.78 is 0. The number of nitrogen functional groups attached to an aromatic ring is 1. The molecule has 5 N–H and O–H groups in total. The third-order valence-electron chi connectivity index (χ3n) is 1.89. The Morgan fingerprint density at radius 2 is 2.21 bits per heavy atom. The number of rotatable bonds is 3. The summed E-state index contributed by atoms with van der Waals surface area (Å²) in [5.41, 5.74) is 3.95. The van der Waals surface area contributed by atoms with Crippen molar-refractivity contribution in [3.63, 3.8) is 0 Å². The molecule has 5 nitrogen and oxygen atoms in total. The van der Waals surface area contributed by atoms with Gasteiger partial charge < -0.3 is 15.6 Å². The molecule has 76 valence electrons. The molecular formula is C9H12N2O3. The molecule has 0 heterocycles. The first-order valence-corrected chi connectivity index (χ1v) is 4.04. The van der Waals surface area contributed by atoms with E-state index in [1.807, 2.05) is 6.92 Å². The summed E-state index contributed by atoms with van der Waals surface area (Å²) in [5.74, 6) is 3.90. The molecular weight excluding hydrogens is 184 g/mol. The van der Waals surface area contributed by atoms with Crippen LogP contribution in [0.2, 0.25) is 0 Å². The summed E-state index contributed by atoms with van der Waals surface area (Å²) >= 11 is 0. The molecule has 0 aromatic heterocycles. The number of hydrogen-bond acceptors (Lipinski definition) is 4. The number of aliphatic hydroxyl groups excluding tert-OH is 1. The Morgan fingerprint density at radius 3 is 2.71 bits per heavy atom. The zero-order valence-corrected chi connectivity index (χ0v) is 7.69. The zero-order valence-electron chi connectivity index (χ0n) is 7.69. The van der Waals surface area contributed by atoms with Gasteiger partial charge in [0.2, 0.25) is 0 Å². The van der Waals surface area contributed by atoms with E-state index in [0.29, 0.717) is 5.69 Å². The van der Waals surface area contributed by atoms with E-state index < -0.39 is 12.1 Å². The second kappa shape index (κ2) is 4.08. The van der Waals surface area contributed by atoms with Crippen molar-refractivity contribution >= 4 is 11.7 Å². The molecule has 1 aromatic carbocycles. The summed E-state index contributed by atoms with van der Waals surface area (Å²) in [6, 6.07) is 4.91. The van der Waals surface area contributed by atoms with Crippen LogP contribution in [0.25, 0.3) is 0 Å². The first kappa shape index (κ1) is 10.5.